The van der Waals surface area contributed by atoms with E-state index < -0.39 is 12.1 Å². The largest absolute Gasteiger partial charge is 0.493 e. The minimum atomic E-state index is -0.758. The fraction of sp³-hybridized carbons (Fsp3) is 0.240. The first-order valence-electron chi connectivity index (χ1n) is 10.6. The first-order valence-corrected chi connectivity index (χ1v) is 10.6. The van der Waals surface area contributed by atoms with Crippen LogP contribution in [0.3, 0.4) is 0 Å². The average Bonchev–Trinajstić information content (AvgIpc) is 3.16. The maximum absolute atomic E-state index is 13.7. The van der Waals surface area contributed by atoms with Gasteiger partial charge in [0.1, 0.15) is 5.75 Å². The third-order valence-corrected chi connectivity index (χ3v) is 5.80. The molecule has 2 aromatic carbocycles. The molecule has 0 radical (unpaired) electrons. The summed E-state index contributed by atoms with van der Waals surface area (Å²) < 4.78 is 23.5. The molecule has 3 aromatic heterocycles. The normalized spacial score (nSPS) is 12.5. The molecule has 8 heteroatoms. The van der Waals surface area contributed by atoms with Crippen LogP contribution in [0.4, 0.5) is 0 Å². The number of hydrogen-bond acceptors (Lipinski definition) is 7. The van der Waals surface area contributed by atoms with E-state index >= 15 is 0 Å². The van der Waals surface area contributed by atoms with Crippen LogP contribution in [0.5, 0.6) is 17.2 Å². The number of pyridine rings is 2. The maximum Gasteiger partial charge on any atom is 0.347 e. The lowest BCUT2D eigenvalue weighted by Gasteiger charge is -2.13. The van der Waals surface area contributed by atoms with Gasteiger partial charge in [-0.3, -0.25) is 14.2 Å². The molecule has 8 nitrogen and oxygen atoms in total. The Balaban J connectivity index is 1.82. The Labute approximate surface area is 188 Å². The number of methoxy groups -OCH3 is 2. The summed E-state index contributed by atoms with van der Waals surface area (Å²) in [5, 5.41) is 2.76. The second-order valence-electron chi connectivity index (χ2n) is 7.61. The van der Waals surface area contributed by atoms with Gasteiger partial charge in [-0.15, -0.1) is 0 Å². The first-order chi connectivity index (χ1) is 16.0. The fourth-order valence-corrected chi connectivity index (χ4v) is 4.39. The van der Waals surface area contributed by atoms with Crippen molar-refractivity contribution in [1.82, 2.24) is 9.38 Å². The molecule has 33 heavy (non-hydrogen) atoms. The van der Waals surface area contributed by atoms with E-state index in [1.807, 2.05) is 24.3 Å². The summed E-state index contributed by atoms with van der Waals surface area (Å²) in [4.78, 5) is 30.3. The average molecular weight is 446 g/mol. The number of hydrogen-bond donors (Lipinski definition) is 0. The molecule has 1 atom stereocenters. The number of esters is 1. The predicted molar refractivity (Wildman–Crippen MR) is 125 cm³/mol. The summed E-state index contributed by atoms with van der Waals surface area (Å²) in [6.45, 7) is 3.67. The zero-order chi connectivity index (χ0) is 23.3. The molecule has 0 fully saturated rings. The van der Waals surface area contributed by atoms with Crippen LogP contribution in [0.2, 0.25) is 0 Å². The van der Waals surface area contributed by atoms with Crippen molar-refractivity contribution in [2.45, 2.75) is 20.0 Å². The van der Waals surface area contributed by atoms with Crippen molar-refractivity contribution in [2.75, 3.05) is 20.8 Å². The predicted octanol–water partition coefficient (Wildman–Crippen LogP) is 3.94. The van der Waals surface area contributed by atoms with Gasteiger partial charge in [0.2, 0.25) is 0 Å². The Morgan fingerprint density at radius 1 is 1.06 bits per heavy atom. The monoisotopic (exact) mass is 446 g/mol. The molecule has 3 heterocycles. The lowest BCUT2D eigenvalue weighted by Crippen LogP contribution is -2.26. The van der Waals surface area contributed by atoms with Gasteiger partial charge >= 0.3 is 5.97 Å². The Morgan fingerprint density at radius 3 is 2.61 bits per heavy atom. The zero-order valence-electron chi connectivity index (χ0n) is 18.7. The van der Waals surface area contributed by atoms with Crippen molar-refractivity contribution in [2.24, 2.45) is 0 Å². The van der Waals surface area contributed by atoms with E-state index in [0.717, 1.165) is 10.8 Å². The van der Waals surface area contributed by atoms with Crippen LogP contribution in [-0.4, -0.2) is 42.3 Å². The van der Waals surface area contributed by atoms with Crippen molar-refractivity contribution in [3.05, 3.63) is 52.9 Å². The van der Waals surface area contributed by atoms with Gasteiger partial charge in [-0.2, -0.15) is 0 Å². The van der Waals surface area contributed by atoms with E-state index in [0.29, 0.717) is 44.6 Å². The SMILES string of the molecule is CCOC(=O)C(C)Oc1ccc2c(c1)c1ccnc3c4ccc(OC)c(OC)c4c(=O)n2c13. The Kier molecular flexibility index (Phi) is 4.92. The van der Waals surface area contributed by atoms with Crippen molar-refractivity contribution in [3.8, 4) is 17.2 Å². The standard InChI is InChI=1S/C25H22N2O6/c1-5-32-25(29)13(2)33-14-6-8-18-17(12-14)15-10-11-26-21-16-7-9-19(30-3)23(31-4)20(16)24(28)27(18)22(15)21/h6-13H,5H2,1-4H3. The van der Waals surface area contributed by atoms with E-state index in [9.17, 15) is 9.59 Å². The molecule has 168 valence electrons. The van der Waals surface area contributed by atoms with Crippen molar-refractivity contribution in [3.63, 3.8) is 0 Å². The number of carbonyl (C=O) groups excluding carboxylic acids is 1. The van der Waals surface area contributed by atoms with Crippen molar-refractivity contribution in [1.29, 1.82) is 0 Å². The van der Waals surface area contributed by atoms with E-state index in [-0.39, 0.29) is 12.2 Å². The van der Waals surface area contributed by atoms with Crippen LogP contribution in [0, 0.1) is 0 Å². The Hall–Kier alpha value is -4.07. The van der Waals surface area contributed by atoms with Crippen molar-refractivity contribution < 1.29 is 23.7 Å². The van der Waals surface area contributed by atoms with Crippen LogP contribution in [-0.2, 0) is 9.53 Å². The second kappa shape index (κ2) is 7.81. The van der Waals surface area contributed by atoms with Gasteiger partial charge in [0.15, 0.2) is 17.6 Å². The number of carbonyl (C=O) groups is 1. The summed E-state index contributed by atoms with van der Waals surface area (Å²) in [6.07, 6.45) is 0.957. The summed E-state index contributed by atoms with van der Waals surface area (Å²) in [6, 6.07) is 10.8. The van der Waals surface area contributed by atoms with Crippen LogP contribution in [0.1, 0.15) is 13.8 Å². The van der Waals surface area contributed by atoms with Gasteiger partial charge in [-0.25, -0.2) is 4.79 Å². The molecule has 0 spiro atoms. The highest BCUT2D eigenvalue weighted by molar-refractivity contribution is 6.19. The van der Waals surface area contributed by atoms with Gasteiger partial charge in [0, 0.05) is 22.4 Å². The van der Waals surface area contributed by atoms with Gasteiger partial charge < -0.3 is 18.9 Å². The summed E-state index contributed by atoms with van der Waals surface area (Å²) >= 11 is 0. The summed E-state index contributed by atoms with van der Waals surface area (Å²) in [5.74, 6) is 0.912. The molecule has 1 unspecified atom stereocenters. The Bertz CT molecular complexity index is 1590. The van der Waals surface area contributed by atoms with E-state index in [1.54, 1.807) is 36.6 Å². The van der Waals surface area contributed by atoms with E-state index in [4.69, 9.17) is 18.9 Å². The summed E-state index contributed by atoms with van der Waals surface area (Å²) in [5.41, 5.74) is 1.88. The first kappa shape index (κ1) is 20.8. The molecule has 0 aliphatic heterocycles. The number of benzene rings is 2. The lowest BCUT2D eigenvalue weighted by atomic mass is 10.1. The Morgan fingerprint density at radius 2 is 1.88 bits per heavy atom. The van der Waals surface area contributed by atoms with Crippen LogP contribution in [0.25, 0.3) is 38.1 Å². The van der Waals surface area contributed by atoms with Crippen LogP contribution >= 0.6 is 0 Å². The van der Waals surface area contributed by atoms with Gasteiger partial charge in [-0.05, 0) is 50.2 Å². The minimum Gasteiger partial charge on any atom is -0.493 e. The number of rotatable bonds is 6. The molecule has 0 bridgehead atoms. The fourth-order valence-electron chi connectivity index (χ4n) is 4.39. The molecule has 0 aliphatic rings. The molecule has 0 amide bonds. The highest BCUT2D eigenvalue weighted by Crippen LogP contribution is 2.39. The van der Waals surface area contributed by atoms with Crippen molar-refractivity contribution >= 4 is 44.1 Å². The zero-order valence-corrected chi connectivity index (χ0v) is 18.7. The number of fused-ring (bicyclic) bond motifs is 5. The smallest absolute Gasteiger partial charge is 0.347 e. The van der Waals surface area contributed by atoms with Gasteiger partial charge in [0.25, 0.3) is 5.56 Å². The minimum absolute atomic E-state index is 0.227. The highest BCUT2D eigenvalue weighted by atomic mass is 16.6. The second-order valence-corrected chi connectivity index (χ2v) is 7.61. The molecule has 0 saturated carbocycles. The molecule has 0 saturated heterocycles. The molecular formula is C25H22N2O6. The van der Waals surface area contributed by atoms with Crippen LogP contribution < -0.4 is 19.8 Å². The third kappa shape index (κ3) is 3.01. The van der Waals surface area contributed by atoms with E-state index in [2.05, 4.69) is 4.98 Å². The molecule has 5 aromatic rings. The topological polar surface area (TPSA) is 88.4 Å². The third-order valence-electron chi connectivity index (χ3n) is 5.80. The van der Waals surface area contributed by atoms with Crippen LogP contribution in [0.15, 0.2) is 47.4 Å². The molecule has 5 rings (SSSR count). The highest BCUT2D eigenvalue weighted by Gasteiger charge is 2.23. The number of nitrogens with zero attached hydrogens (tertiary/aromatic N) is 2. The summed E-state index contributed by atoms with van der Waals surface area (Å²) in [7, 11) is 3.04. The molecular weight excluding hydrogens is 424 g/mol. The number of aromatic nitrogens is 2. The maximum atomic E-state index is 13.7. The lowest BCUT2D eigenvalue weighted by molar-refractivity contribution is -0.150. The van der Waals surface area contributed by atoms with E-state index in [1.165, 1.54) is 14.2 Å². The van der Waals surface area contributed by atoms with Gasteiger partial charge in [0.05, 0.1) is 42.8 Å². The van der Waals surface area contributed by atoms with Gasteiger partial charge in [-0.1, -0.05) is 0 Å². The quantitative estimate of drug-likeness (QED) is 0.288. The molecule has 0 N–H and O–H groups in total. The molecule has 0 aliphatic carbocycles. The number of ether oxygens (including phenoxy) is 4.